The molecule has 22 heavy (non-hydrogen) atoms. The molecule has 0 heterocycles. The molecule has 0 radical (unpaired) electrons. The largest absolute Gasteiger partial charge is 0.347 e. The first kappa shape index (κ1) is 17.1. The summed E-state index contributed by atoms with van der Waals surface area (Å²) in [6.07, 6.45) is 0.820. The second kappa shape index (κ2) is 6.09. The zero-order valence-electron chi connectivity index (χ0n) is 12.9. The van der Waals surface area contributed by atoms with Crippen LogP contribution in [0.3, 0.4) is 0 Å². The van der Waals surface area contributed by atoms with Gasteiger partial charge in [0.1, 0.15) is 10.4 Å². The normalized spacial score (nSPS) is 23.5. The van der Waals surface area contributed by atoms with Crippen LogP contribution in [0.15, 0.2) is 30.3 Å². The van der Waals surface area contributed by atoms with Gasteiger partial charge in [0.15, 0.2) is 0 Å². The lowest BCUT2D eigenvalue weighted by atomic mass is 10.0. The van der Waals surface area contributed by atoms with E-state index in [1.54, 1.807) is 21.0 Å². The minimum absolute atomic E-state index is 0.156. The molecular formula is C16H20Cl2N2O2. The molecule has 1 aliphatic carbocycles. The average molecular weight is 343 g/mol. The van der Waals surface area contributed by atoms with E-state index in [4.69, 9.17) is 23.2 Å². The molecule has 1 saturated carbocycles. The first-order chi connectivity index (χ1) is 10.2. The maximum Gasteiger partial charge on any atom is 0.244 e. The summed E-state index contributed by atoms with van der Waals surface area (Å²) in [6.45, 7) is 1.71. The van der Waals surface area contributed by atoms with Gasteiger partial charge >= 0.3 is 0 Å². The fourth-order valence-corrected chi connectivity index (χ4v) is 3.03. The average Bonchev–Trinajstić information content (AvgIpc) is 2.98. The van der Waals surface area contributed by atoms with Crippen molar-refractivity contribution in [2.24, 2.45) is 5.41 Å². The Morgan fingerprint density at radius 1 is 1.27 bits per heavy atom. The molecule has 2 amide bonds. The monoisotopic (exact) mass is 342 g/mol. The molecule has 1 aromatic carbocycles. The van der Waals surface area contributed by atoms with E-state index in [9.17, 15) is 9.59 Å². The zero-order chi connectivity index (χ0) is 16.5. The highest BCUT2D eigenvalue weighted by Gasteiger charge is 2.68. The third kappa shape index (κ3) is 3.39. The zero-order valence-corrected chi connectivity index (χ0v) is 14.4. The quantitative estimate of drug-likeness (QED) is 0.835. The molecular weight excluding hydrogens is 323 g/mol. The molecule has 1 aromatic rings. The van der Waals surface area contributed by atoms with Crippen molar-refractivity contribution in [1.29, 1.82) is 0 Å². The highest BCUT2D eigenvalue weighted by atomic mass is 35.5. The summed E-state index contributed by atoms with van der Waals surface area (Å²) in [6, 6.07) is 8.93. The first-order valence-electron chi connectivity index (χ1n) is 7.11. The third-order valence-electron chi connectivity index (χ3n) is 4.09. The Bertz CT molecular complexity index is 575. The lowest BCUT2D eigenvalue weighted by Crippen LogP contribution is -2.50. The molecule has 6 heteroatoms. The van der Waals surface area contributed by atoms with E-state index in [0.29, 0.717) is 12.8 Å². The van der Waals surface area contributed by atoms with Crippen LogP contribution in [0.1, 0.15) is 18.9 Å². The lowest BCUT2D eigenvalue weighted by Gasteiger charge is -2.24. The van der Waals surface area contributed by atoms with Gasteiger partial charge in [0.2, 0.25) is 11.8 Å². The van der Waals surface area contributed by atoms with Crippen molar-refractivity contribution >= 4 is 35.0 Å². The van der Waals surface area contributed by atoms with Crippen molar-refractivity contribution < 1.29 is 9.59 Å². The SMILES string of the molecule is CN(C)C(=O)[C@H](Cc1ccccc1)NC(=O)[C@]1(C)CC1(Cl)Cl. The number of nitrogens with one attached hydrogen (secondary N) is 1. The number of carbonyl (C=O) groups excluding carboxylic acids is 2. The van der Waals surface area contributed by atoms with Crippen molar-refractivity contribution in [3.8, 4) is 0 Å². The molecule has 0 bridgehead atoms. The number of nitrogens with zero attached hydrogens (tertiary/aromatic N) is 1. The number of alkyl halides is 2. The Morgan fingerprint density at radius 3 is 2.27 bits per heavy atom. The van der Waals surface area contributed by atoms with E-state index >= 15 is 0 Å². The summed E-state index contributed by atoms with van der Waals surface area (Å²) < 4.78 is -1.05. The van der Waals surface area contributed by atoms with Crippen LogP contribution in [0.5, 0.6) is 0 Å². The Balaban J connectivity index is 2.12. The van der Waals surface area contributed by atoms with Crippen LogP contribution in [0.2, 0.25) is 0 Å². The van der Waals surface area contributed by atoms with Crippen LogP contribution in [0.25, 0.3) is 0 Å². The Morgan fingerprint density at radius 2 is 1.82 bits per heavy atom. The number of benzene rings is 1. The van der Waals surface area contributed by atoms with Crippen LogP contribution in [-0.2, 0) is 16.0 Å². The van der Waals surface area contributed by atoms with Gasteiger partial charge in [-0.3, -0.25) is 9.59 Å². The number of rotatable bonds is 5. The van der Waals surface area contributed by atoms with Crippen molar-refractivity contribution in [1.82, 2.24) is 10.2 Å². The standard InChI is InChI=1S/C16H20Cl2N2O2/c1-15(10-16(15,17)18)14(22)19-12(13(21)20(2)3)9-11-7-5-4-6-8-11/h4-8,12H,9-10H2,1-3H3,(H,19,22)/t12-,15-/m0/s1. The number of halogens is 2. The van der Waals surface area contributed by atoms with E-state index in [2.05, 4.69) is 5.32 Å². The van der Waals surface area contributed by atoms with Gasteiger partial charge in [-0.25, -0.2) is 0 Å². The summed E-state index contributed by atoms with van der Waals surface area (Å²) in [4.78, 5) is 26.2. The Labute approximate surface area is 140 Å². The minimum Gasteiger partial charge on any atom is -0.347 e. The van der Waals surface area contributed by atoms with Gasteiger partial charge in [0.25, 0.3) is 0 Å². The van der Waals surface area contributed by atoms with Gasteiger partial charge < -0.3 is 10.2 Å². The topological polar surface area (TPSA) is 49.4 Å². The number of hydrogen-bond donors (Lipinski definition) is 1. The molecule has 0 aliphatic heterocycles. The van der Waals surface area contributed by atoms with Gasteiger partial charge in [-0.15, -0.1) is 23.2 Å². The van der Waals surface area contributed by atoms with Crippen molar-refractivity contribution in [2.75, 3.05) is 14.1 Å². The van der Waals surface area contributed by atoms with E-state index in [1.807, 2.05) is 30.3 Å². The van der Waals surface area contributed by atoms with Crippen LogP contribution in [0, 0.1) is 5.41 Å². The first-order valence-corrected chi connectivity index (χ1v) is 7.87. The molecule has 1 N–H and O–H groups in total. The van der Waals surface area contributed by atoms with E-state index in [-0.39, 0.29) is 11.8 Å². The maximum absolute atomic E-state index is 12.4. The van der Waals surface area contributed by atoms with Crippen molar-refractivity contribution in [3.05, 3.63) is 35.9 Å². The maximum atomic E-state index is 12.4. The minimum atomic E-state index is -1.05. The fraction of sp³-hybridized carbons (Fsp3) is 0.500. The summed E-state index contributed by atoms with van der Waals surface area (Å²) in [5.74, 6) is -0.440. The van der Waals surface area contributed by atoms with E-state index in [0.717, 1.165) is 5.56 Å². The van der Waals surface area contributed by atoms with Gasteiger partial charge in [-0.1, -0.05) is 30.3 Å². The van der Waals surface area contributed by atoms with Crippen LogP contribution in [0.4, 0.5) is 0 Å². The molecule has 0 unspecified atom stereocenters. The third-order valence-corrected chi connectivity index (χ3v) is 5.19. The smallest absolute Gasteiger partial charge is 0.244 e. The molecule has 1 fully saturated rings. The number of amides is 2. The fourth-order valence-electron chi connectivity index (χ4n) is 2.33. The van der Waals surface area contributed by atoms with Crippen LogP contribution >= 0.6 is 23.2 Å². The van der Waals surface area contributed by atoms with Gasteiger partial charge in [0.05, 0.1) is 5.41 Å². The summed E-state index contributed by atoms with van der Waals surface area (Å²) in [7, 11) is 3.33. The molecule has 0 spiro atoms. The Kier molecular flexibility index (Phi) is 4.73. The molecule has 2 atom stereocenters. The van der Waals surface area contributed by atoms with Crippen LogP contribution < -0.4 is 5.32 Å². The molecule has 0 saturated heterocycles. The number of hydrogen-bond acceptors (Lipinski definition) is 2. The van der Waals surface area contributed by atoms with Crippen molar-refractivity contribution in [2.45, 2.75) is 30.1 Å². The highest BCUT2D eigenvalue weighted by Crippen LogP contribution is 2.63. The predicted octanol–water partition coefficient (Wildman–Crippen LogP) is 2.39. The molecule has 1 aliphatic rings. The predicted molar refractivity (Wildman–Crippen MR) is 87.9 cm³/mol. The van der Waals surface area contributed by atoms with Crippen LogP contribution in [-0.4, -0.2) is 41.2 Å². The highest BCUT2D eigenvalue weighted by molar-refractivity contribution is 6.53. The van der Waals surface area contributed by atoms with Gasteiger partial charge in [-0.2, -0.15) is 0 Å². The second-order valence-corrected chi connectivity index (χ2v) is 7.65. The number of likely N-dealkylation sites (N-methyl/N-ethyl adjacent to an activating group) is 1. The van der Waals surface area contributed by atoms with Gasteiger partial charge in [0, 0.05) is 20.5 Å². The summed E-state index contributed by atoms with van der Waals surface area (Å²) in [5.41, 5.74) is 0.143. The molecule has 4 nitrogen and oxygen atoms in total. The van der Waals surface area contributed by atoms with E-state index < -0.39 is 15.8 Å². The lowest BCUT2D eigenvalue weighted by molar-refractivity contribution is -0.135. The molecule has 2 rings (SSSR count). The van der Waals surface area contributed by atoms with Crippen molar-refractivity contribution in [3.63, 3.8) is 0 Å². The number of carbonyl (C=O) groups is 2. The summed E-state index contributed by atoms with van der Waals surface area (Å²) >= 11 is 12.1. The molecule has 120 valence electrons. The Hall–Kier alpha value is -1.26. The second-order valence-electron chi connectivity index (χ2n) is 6.16. The van der Waals surface area contributed by atoms with E-state index in [1.165, 1.54) is 4.90 Å². The van der Waals surface area contributed by atoms with Gasteiger partial charge in [-0.05, 0) is 18.9 Å². The summed E-state index contributed by atoms with van der Waals surface area (Å²) in [5, 5.41) is 2.81. The molecule has 0 aromatic heterocycles.